The highest BCUT2D eigenvalue weighted by atomic mass is 32.1. The maximum absolute atomic E-state index is 11.7. The number of nitrogens with one attached hydrogen (secondary N) is 1. The van der Waals surface area contributed by atoms with Crippen LogP contribution in [0.4, 0.5) is 0 Å². The van der Waals surface area contributed by atoms with Crippen molar-refractivity contribution in [1.82, 2.24) is 5.32 Å². The van der Waals surface area contributed by atoms with Crippen molar-refractivity contribution in [3.05, 3.63) is 0 Å². The van der Waals surface area contributed by atoms with Crippen LogP contribution in [0.5, 0.6) is 0 Å². The Morgan fingerprint density at radius 2 is 2.08 bits per heavy atom. The van der Waals surface area contributed by atoms with E-state index in [4.69, 9.17) is 14.6 Å². The summed E-state index contributed by atoms with van der Waals surface area (Å²) in [4.78, 5) is 23.0. The molecule has 1 heterocycles. The zero-order valence-corrected chi connectivity index (χ0v) is 14.6. The van der Waals surface area contributed by atoms with Crippen LogP contribution in [0.15, 0.2) is 0 Å². The van der Waals surface area contributed by atoms with Gasteiger partial charge in [0, 0.05) is 13.3 Å². The van der Waals surface area contributed by atoms with E-state index < -0.39 is 61.1 Å². The highest BCUT2D eigenvalue weighted by Gasteiger charge is 2.55. The van der Waals surface area contributed by atoms with Gasteiger partial charge >= 0.3 is 5.97 Å². The highest BCUT2D eigenvalue weighted by molar-refractivity contribution is 7.80. The molecule has 146 valence electrons. The molecule has 1 fully saturated rings. The van der Waals surface area contributed by atoms with Crippen molar-refractivity contribution >= 4 is 24.5 Å². The van der Waals surface area contributed by atoms with E-state index in [1.54, 1.807) is 0 Å². The van der Waals surface area contributed by atoms with Crippen molar-refractivity contribution in [1.29, 1.82) is 0 Å². The fraction of sp³-hybridized carbons (Fsp3) is 0.857. The number of carbonyl (C=O) groups is 2. The van der Waals surface area contributed by atoms with Crippen LogP contribution in [0, 0.1) is 0 Å². The van der Waals surface area contributed by atoms with Crippen molar-refractivity contribution in [2.45, 2.75) is 56.0 Å². The Labute approximate surface area is 150 Å². The summed E-state index contributed by atoms with van der Waals surface area (Å²) in [5.41, 5.74) is 0. The molecule has 11 heteroatoms. The monoisotopic (exact) mass is 383 g/mol. The standard InChI is InChI=1S/C14H25NO9S/c1-7(17)15-10-8(18)5-14(13(21)22,23-3-2-4-25)24-12(10)11(20)9(19)6-16/h8-12,16,18-20,25H,2-6H2,1H3,(H,15,17)(H,21,22)/t8-,9+,10+,11+,12+,14+/m0/s1. The van der Waals surface area contributed by atoms with Crippen molar-refractivity contribution in [3.63, 3.8) is 0 Å². The lowest BCUT2D eigenvalue weighted by Gasteiger charge is -2.46. The molecule has 1 rings (SSSR count). The molecule has 0 unspecified atom stereocenters. The second-order valence-electron chi connectivity index (χ2n) is 5.80. The van der Waals surface area contributed by atoms with E-state index in [1.807, 2.05) is 0 Å². The summed E-state index contributed by atoms with van der Waals surface area (Å²) in [6.45, 7) is 0.310. The van der Waals surface area contributed by atoms with Crippen molar-refractivity contribution in [2.75, 3.05) is 19.0 Å². The van der Waals surface area contributed by atoms with Gasteiger partial charge in [-0.05, 0) is 12.2 Å². The first-order valence-corrected chi connectivity index (χ1v) is 8.40. The number of carbonyl (C=O) groups excluding carboxylic acids is 1. The predicted molar refractivity (Wildman–Crippen MR) is 87.0 cm³/mol. The van der Waals surface area contributed by atoms with Gasteiger partial charge in [0.2, 0.25) is 5.91 Å². The minimum Gasteiger partial charge on any atom is -0.477 e. The Morgan fingerprint density at radius 3 is 2.56 bits per heavy atom. The summed E-state index contributed by atoms with van der Waals surface area (Å²) in [6.07, 6.45) is -6.49. The van der Waals surface area contributed by atoms with Gasteiger partial charge in [0.05, 0.1) is 25.4 Å². The first-order valence-electron chi connectivity index (χ1n) is 7.76. The fourth-order valence-corrected chi connectivity index (χ4v) is 2.71. The van der Waals surface area contributed by atoms with Crippen LogP contribution < -0.4 is 5.32 Å². The molecule has 1 saturated heterocycles. The lowest BCUT2D eigenvalue weighted by atomic mass is 9.88. The Hall–Kier alpha value is -0.950. The molecule has 0 aromatic carbocycles. The zero-order valence-electron chi connectivity index (χ0n) is 13.7. The fourth-order valence-electron chi connectivity index (χ4n) is 2.58. The molecule has 1 amide bonds. The lowest BCUT2D eigenvalue weighted by molar-refractivity contribution is -0.311. The molecule has 6 atom stereocenters. The number of amides is 1. The number of hydrogen-bond donors (Lipinski definition) is 7. The van der Waals surface area contributed by atoms with Gasteiger partial charge in [0.25, 0.3) is 5.79 Å². The van der Waals surface area contributed by atoms with Gasteiger partial charge in [-0.1, -0.05) is 0 Å². The van der Waals surface area contributed by atoms with Crippen LogP contribution in [0.3, 0.4) is 0 Å². The first-order chi connectivity index (χ1) is 11.7. The van der Waals surface area contributed by atoms with E-state index in [-0.39, 0.29) is 6.61 Å². The minimum atomic E-state index is -2.27. The van der Waals surface area contributed by atoms with Crippen molar-refractivity contribution < 1.29 is 44.6 Å². The maximum atomic E-state index is 11.7. The zero-order chi connectivity index (χ0) is 19.2. The van der Waals surface area contributed by atoms with Crippen LogP contribution in [0.1, 0.15) is 19.8 Å². The molecule has 6 N–H and O–H groups in total. The second kappa shape index (κ2) is 9.67. The third kappa shape index (κ3) is 5.51. The molecule has 0 bridgehead atoms. The topological polar surface area (TPSA) is 166 Å². The van der Waals surface area contributed by atoms with Crippen LogP contribution in [0.25, 0.3) is 0 Å². The molecule has 0 aliphatic carbocycles. The second-order valence-corrected chi connectivity index (χ2v) is 6.25. The number of aliphatic carboxylic acids is 1. The maximum Gasteiger partial charge on any atom is 0.364 e. The summed E-state index contributed by atoms with van der Waals surface area (Å²) in [6, 6.07) is -1.20. The number of carboxylic acids is 1. The normalized spacial score (nSPS) is 32.0. The van der Waals surface area contributed by atoms with E-state index >= 15 is 0 Å². The summed E-state index contributed by atoms with van der Waals surface area (Å²) < 4.78 is 10.7. The Morgan fingerprint density at radius 1 is 1.44 bits per heavy atom. The molecule has 0 saturated carbocycles. The summed E-state index contributed by atoms with van der Waals surface area (Å²) >= 11 is 3.99. The van der Waals surface area contributed by atoms with Crippen LogP contribution >= 0.6 is 12.6 Å². The third-order valence-electron chi connectivity index (χ3n) is 3.82. The number of rotatable bonds is 9. The van der Waals surface area contributed by atoms with E-state index in [1.165, 1.54) is 6.92 Å². The molecule has 25 heavy (non-hydrogen) atoms. The van der Waals surface area contributed by atoms with Gasteiger partial charge in [-0.25, -0.2) is 4.79 Å². The SMILES string of the molecule is CC(=O)N[C@H]1[C@H]([C@H](O)[C@H](O)CO)O[C@@](OCCCS)(C(=O)O)C[C@@H]1O. The molecule has 0 radical (unpaired) electrons. The summed E-state index contributed by atoms with van der Waals surface area (Å²) in [7, 11) is 0. The Kier molecular flexibility index (Phi) is 8.54. The number of aliphatic hydroxyl groups is 4. The van der Waals surface area contributed by atoms with Gasteiger partial charge in [-0.15, -0.1) is 0 Å². The van der Waals surface area contributed by atoms with Crippen molar-refractivity contribution in [3.8, 4) is 0 Å². The predicted octanol–water partition coefficient (Wildman–Crippen LogP) is -2.53. The number of hydrogen-bond acceptors (Lipinski definition) is 9. The molecule has 1 aliphatic rings. The van der Waals surface area contributed by atoms with E-state index in [9.17, 15) is 30.0 Å². The molecular weight excluding hydrogens is 358 g/mol. The van der Waals surface area contributed by atoms with Gasteiger partial charge in [0.15, 0.2) is 0 Å². The minimum absolute atomic E-state index is 0.0291. The highest BCUT2D eigenvalue weighted by Crippen LogP contribution is 2.33. The van der Waals surface area contributed by atoms with E-state index in [2.05, 4.69) is 17.9 Å². The van der Waals surface area contributed by atoms with Gasteiger partial charge < -0.3 is 40.3 Å². The molecule has 1 aliphatic heterocycles. The molecule has 0 spiro atoms. The van der Waals surface area contributed by atoms with E-state index in [0.717, 1.165) is 0 Å². The average Bonchev–Trinajstić information content (AvgIpc) is 2.55. The number of carboxylic acid groups (broad SMARTS) is 1. The van der Waals surface area contributed by atoms with Gasteiger partial charge in [0.1, 0.15) is 18.3 Å². The molecular formula is C14H25NO9S. The van der Waals surface area contributed by atoms with Crippen molar-refractivity contribution in [2.24, 2.45) is 0 Å². The lowest BCUT2D eigenvalue weighted by Crippen LogP contribution is -2.67. The quantitative estimate of drug-likeness (QED) is 0.168. The number of ether oxygens (including phenoxy) is 2. The van der Waals surface area contributed by atoms with Gasteiger partial charge in [-0.2, -0.15) is 12.6 Å². The smallest absolute Gasteiger partial charge is 0.364 e. The summed E-state index contributed by atoms with van der Waals surface area (Å²) in [5, 5.41) is 51.0. The molecule has 10 nitrogen and oxygen atoms in total. The third-order valence-corrected chi connectivity index (χ3v) is 4.14. The van der Waals surface area contributed by atoms with E-state index in [0.29, 0.717) is 12.2 Å². The Bertz CT molecular complexity index is 466. The van der Waals surface area contributed by atoms with Crippen LogP contribution in [-0.2, 0) is 19.1 Å². The first kappa shape index (κ1) is 22.1. The largest absolute Gasteiger partial charge is 0.477 e. The van der Waals surface area contributed by atoms with Crippen LogP contribution in [-0.4, -0.2) is 92.6 Å². The average molecular weight is 383 g/mol. The summed E-state index contributed by atoms with van der Waals surface area (Å²) in [5.74, 6) is -3.91. The Balaban J connectivity index is 3.13. The number of thiol groups is 1. The number of aliphatic hydroxyl groups excluding tert-OH is 4. The van der Waals surface area contributed by atoms with Gasteiger partial charge in [-0.3, -0.25) is 4.79 Å². The molecule has 0 aromatic rings. The molecule has 0 aromatic heterocycles. The van der Waals surface area contributed by atoms with Crippen LogP contribution in [0.2, 0.25) is 0 Å².